The Kier molecular flexibility index (Phi) is 5.68. The van der Waals surface area contributed by atoms with Crippen LogP contribution in [0.15, 0.2) is 0 Å². The maximum atomic E-state index is 12.2. The molecule has 1 amide bonds. The van der Waals surface area contributed by atoms with Crippen molar-refractivity contribution in [2.24, 2.45) is 5.92 Å². The van der Waals surface area contributed by atoms with Crippen molar-refractivity contribution < 1.29 is 19.1 Å². The molecule has 1 rings (SSSR count). The summed E-state index contributed by atoms with van der Waals surface area (Å²) in [5, 5.41) is 2.71. The van der Waals surface area contributed by atoms with Gasteiger partial charge in [-0.2, -0.15) is 0 Å². The van der Waals surface area contributed by atoms with Gasteiger partial charge in [0.1, 0.15) is 11.1 Å². The van der Waals surface area contributed by atoms with Crippen LogP contribution in [0.3, 0.4) is 0 Å². The monoisotopic (exact) mass is 305 g/mol. The Hall–Kier alpha value is -0.970. The van der Waals surface area contributed by atoms with Gasteiger partial charge in [0.15, 0.2) is 6.07 Å². The average molecular weight is 306 g/mol. The van der Waals surface area contributed by atoms with Crippen LogP contribution in [0.2, 0.25) is 0 Å². The quantitative estimate of drug-likeness (QED) is 0.642. The minimum atomic E-state index is -1.02. The zero-order valence-corrected chi connectivity index (χ0v) is 13.4. The average Bonchev–Trinajstić information content (AvgIpc) is 2.26. The number of hydrogen-bond donors (Lipinski definition) is 1. The summed E-state index contributed by atoms with van der Waals surface area (Å²) >= 11 is 5.47. The predicted molar refractivity (Wildman–Crippen MR) is 76.5 cm³/mol. The lowest BCUT2D eigenvalue weighted by atomic mass is 9.76. The van der Waals surface area contributed by atoms with Crippen molar-refractivity contribution in [3.8, 4) is 0 Å². The van der Waals surface area contributed by atoms with Crippen LogP contribution in [0.4, 0.5) is 4.79 Å². The van der Waals surface area contributed by atoms with Gasteiger partial charge in [0, 0.05) is 0 Å². The third kappa shape index (κ3) is 4.85. The second-order valence-electron chi connectivity index (χ2n) is 6.45. The van der Waals surface area contributed by atoms with E-state index in [9.17, 15) is 9.59 Å². The van der Waals surface area contributed by atoms with Gasteiger partial charge in [0.25, 0.3) is 0 Å². The molecule has 2 atom stereocenters. The van der Waals surface area contributed by atoms with Gasteiger partial charge in [0.2, 0.25) is 0 Å². The van der Waals surface area contributed by atoms with Gasteiger partial charge in [-0.15, -0.1) is 0 Å². The van der Waals surface area contributed by atoms with Crippen molar-refractivity contribution in [2.45, 2.75) is 64.5 Å². The maximum Gasteiger partial charge on any atom is 0.408 e. The molecule has 2 unspecified atom stereocenters. The van der Waals surface area contributed by atoms with E-state index in [4.69, 9.17) is 21.1 Å². The van der Waals surface area contributed by atoms with Crippen LogP contribution in [-0.4, -0.2) is 29.3 Å². The Bertz CT molecular complexity index is 367. The number of ether oxygens (including phenoxy) is 2. The van der Waals surface area contributed by atoms with E-state index in [0.29, 0.717) is 18.8 Å². The van der Waals surface area contributed by atoms with Crippen LogP contribution in [0.25, 0.3) is 0 Å². The van der Waals surface area contributed by atoms with E-state index >= 15 is 0 Å². The molecular weight excluding hydrogens is 282 g/mol. The number of carbonyl (C=O) groups is 2. The Labute approximate surface area is 125 Å². The molecule has 20 heavy (non-hydrogen) atoms. The molecule has 0 heterocycles. The molecule has 1 aliphatic rings. The minimum absolute atomic E-state index is 0.217. The Morgan fingerprint density at radius 2 is 2.05 bits per heavy atom. The fourth-order valence-corrected chi connectivity index (χ4v) is 2.69. The zero-order valence-electron chi connectivity index (χ0n) is 12.6. The van der Waals surface area contributed by atoms with Crippen LogP contribution in [0.1, 0.15) is 53.4 Å². The molecule has 6 heteroatoms. The molecule has 1 fully saturated rings. The molecule has 5 nitrogen and oxygen atoms in total. The summed E-state index contributed by atoms with van der Waals surface area (Å²) in [7, 11) is 0. The van der Waals surface area contributed by atoms with E-state index in [2.05, 4.69) is 12.2 Å². The van der Waals surface area contributed by atoms with Crippen LogP contribution in [-0.2, 0) is 14.3 Å². The fraction of sp³-hybridized carbons (Fsp3) is 0.857. The summed E-state index contributed by atoms with van der Waals surface area (Å²) in [6.45, 7) is 7.39. The van der Waals surface area contributed by atoms with E-state index in [1.807, 2.05) is 0 Å². The summed E-state index contributed by atoms with van der Waals surface area (Å²) in [6, 6.07) is -0.217. The first-order chi connectivity index (χ1) is 9.18. The molecule has 0 aliphatic heterocycles. The summed E-state index contributed by atoms with van der Waals surface area (Å²) in [6.07, 6.45) is 2.38. The van der Waals surface area contributed by atoms with E-state index in [1.54, 1.807) is 20.8 Å². The Morgan fingerprint density at radius 1 is 1.40 bits per heavy atom. The molecule has 116 valence electrons. The van der Waals surface area contributed by atoms with E-state index in [0.717, 1.165) is 12.8 Å². The third-order valence-electron chi connectivity index (χ3n) is 3.31. The molecule has 0 saturated heterocycles. The number of nitrogens with one attached hydrogen (secondary N) is 1. The first kappa shape index (κ1) is 17.1. The molecule has 0 radical (unpaired) electrons. The molecule has 1 saturated carbocycles. The van der Waals surface area contributed by atoms with Crippen molar-refractivity contribution in [2.75, 3.05) is 6.07 Å². The number of alkyl halides is 1. The molecule has 1 N–H and O–H groups in total. The van der Waals surface area contributed by atoms with Crippen molar-refractivity contribution >= 4 is 23.7 Å². The topological polar surface area (TPSA) is 64.6 Å². The lowest BCUT2D eigenvalue weighted by molar-refractivity contribution is -0.151. The number of rotatable bonds is 3. The van der Waals surface area contributed by atoms with Crippen LogP contribution >= 0.6 is 11.6 Å². The maximum absolute atomic E-state index is 12.2. The smallest absolute Gasteiger partial charge is 0.408 e. The highest BCUT2D eigenvalue weighted by Crippen LogP contribution is 2.33. The molecule has 0 aromatic heterocycles. The van der Waals surface area contributed by atoms with Crippen molar-refractivity contribution in [3.05, 3.63) is 0 Å². The molecule has 0 aromatic rings. The third-order valence-corrected chi connectivity index (χ3v) is 3.42. The molecule has 0 aromatic carbocycles. The summed E-state index contributed by atoms with van der Waals surface area (Å²) in [5.74, 6) is -0.147. The highest BCUT2D eigenvalue weighted by molar-refractivity contribution is 6.17. The largest absolute Gasteiger partial charge is 0.448 e. The van der Waals surface area contributed by atoms with Gasteiger partial charge in [-0.05, 0) is 39.5 Å². The summed E-state index contributed by atoms with van der Waals surface area (Å²) in [5.41, 5.74) is -1.63. The fourth-order valence-electron chi connectivity index (χ4n) is 2.59. The lowest BCUT2D eigenvalue weighted by Gasteiger charge is -2.38. The van der Waals surface area contributed by atoms with Gasteiger partial charge < -0.3 is 14.8 Å². The summed E-state index contributed by atoms with van der Waals surface area (Å²) < 4.78 is 10.2. The second kappa shape index (κ2) is 6.66. The highest BCUT2D eigenvalue weighted by atomic mass is 35.5. The lowest BCUT2D eigenvalue weighted by Crippen LogP contribution is -2.58. The van der Waals surface area contributed by atoms with Gasteiger partial charge in [-0.3, -0.25) is 0 Å². The highest BCUT2D eigenvalue weighted by Gasteiger charge is 2.45. The number of alkyl carbamates (subject to hydrolysis) is 1. The normalized spacial score (nSPS) is 26.8. The number of halogens is 1. The van der Waals surface area contributed by atoms with Gasteiger partial charge in [0.05, 0.1) is 0 Å². The number of hydrogen-bond acceptors (Lipinski definition) is 4. The zero-order chi connectivity index (χ0) is 15.4. The van der Waals surface area contributed by atoms with Crippen molar-refractivity contribution in [1.29, 1.82) is 0 Å². The Morgan fingerprint density at radius 3 is 2.55 bits per heavy atom. The minimum Gasteiger partial charge on any atom is -0.448 e. The molecular formula is C14H24ClNO4. The standard InChI is InChI=1S/C14H24ClNO4/c1-10-6-5-7-14(8-10,11(17)19-9-15)16-12(18)20-13(2,3)4/h10H,5-9H2,1-4H3,(H,16,18). The van der Waals surface area contributed by atoms with E-state index in [1.165, 1.54) is 0 Å². The van der Waals surface area contributed by atoms with Gasteiger partial charge in [-0.25, -0.2) is 9.59 Å². The van der Waals surface area contributed by atoms with E-state index in [-0.39, 0.29) is 6.07 Å². The van der Waals surface area contributed by atoms with Crippen LogP contribution < -0.4 is 5.32 Å². The van der Waals surface area contributed by atoms with Crippen molar-refractivity contribution in [1.82, 2.24) is 5.32 Å². The van der Waals surface area contributed by atoms with E-state index < -0.39 is 23.2 Å². The molecule has 1 aliphatic carbocycles. The summed E-state index contributed by atoms with van der Waals surface area (Å²) in [4.78, 5) is 24.2. The molecule has 0 bridgehead atoms. The number of esters is 1. The van der Waals surface area contributed by atoms with Crippen LogP contribution in [0, 0.1) is 5.92 Å². The van der Waals surface area contributed by atoms with Crippen molar-refractivity contribution in [3.63, 3.8) is 0 Å². The Balaban J connectivity index is 2.83. The van der Waals surface area contributed by atoms with Gasteiger partial charge in [-0.1, -0.05) is 31.4 Å². The second-order valence-corrected chi connectivity index (χ2v) is 6.67. The first-order valence-electron chi connectivity index (χ1n) is 6.93. The number of amides is 1. The predicted octanol–water partition coefficient (Wildman–Crippen LogP) is 3.20. The first-order valence-corrected chi connectivity index (χ1v) is 7.46. The SMILES string of the molecule is CC1CCCC(NC(=O)OC(C)(C)C)(C(=O)OCCl)C1. The van der Waals surface area contributed by atoms with Gasteiger partial charge >= 0.3 is 12.1 Å². The van der Waals surface area contributed by atoms with Crippen LogP contribution in [0.5, 0.6) is 0 Å². The molecule has 0 spiro atoms. The number of carbonyl (C=O) groups excluding carboxylic acids is 2.